The van der Waals surface area contributed by atoms with Crippen molar-refractivity contribution in [3.63, 3.8) is 0 Å². The monoisotopic (exact) mass is 549 g/mol. The molecule has 0 radical (unpaired) electrons. The van der Waals surface area contributed by atoms with Crippen LogP contribution in [0, 0.1) is 19.8 Å². The predicted molar refractivity (Wildman–Crippen MR) is 165 cm³/mol. The topological polar surface area (TPSA) is 67.2 Å². The molecule has 0 bridgehead atoms. The van der Waals surface area contributed by atoms with Crippen LogP contribution in [-0.2, 0) is 30.7 Å². The van der Waals surface area contributed by atoms with Crippen molar-refractivity contribution in [2.45, 2.75) is 97.1 Å². The van der Waals surface area contributed by atoms with Crippen LogP contribution in [0.25, 0.3) is 11.0 Å². The van der Waals surface area contributed by atoms with Crippen molar-refractivity contribution in [1.82, 2.24) is 14.9 Å². The number of aromatic hydroxyl groups is 1. The molecule has 4 aromatic rings. The van der Waals surface area contributed by atoms with E-state index in [-0.39, 0.29) is 17.6 Å². The minimum absolute atomic E-state index is 0.0913. The minimum atomic E-state index is -0.161. The van der Waals surface area contributed by atoms with Crippen molar-refractivity contribution in [3.8, 4) is 5.75 Å². The highest BCUT2D eigenvalue weighted by Gasteiger charge is 2.30. The fourth-order valence-electron chi connectivity index (χ4n) is 7.40. The van der Waals surface area contributed by atoms with E-state index in [4.69, 9.17) is 4.98 Å². The molecule has 214 valence electrons. The molecule has 0 spiro atoms. The fraction of sp³-hybridized carbons (Fsp3) is 0.444. The van der Waals surface area contributed by atoms with Crippen molar-refractivity contribution < 1.29 is 9.90 Å². The molecule has 2 aliphatic rings. The number of nitrogens with one attached hydrogen (secondary N) is 1. The third-order valence-corrected chi connectivity index (χ3v) is 9.36. The second-order valence-corrected chi connectivity index (χ2v) is 12.4. The first kappa shape index (κ1) is 27.6. The van der Waals surface area contributed by atoms with Crippen LogP contribution in [0.5, 0.6) is 5.75 Å². The van der Waals surface area contributed by atoms with Crippen LogP contribution < -0.4 is 5.32 Å². The van der Waals surface area contributed by atoms with Gasteiger partial charge in [0.15, 0.2) is 0 Å². The van der Waals surface area contributed by atoms with E-state index in [1.54, 1.807) is 12.1 Å². The van der Waals surface area contributed by atoms with Crippen LogP contribution in [0.1, 0.15) is 96.5 Å². The molecule has 2 aromatic heterocycles. The van der Waals surface area contributed by atoms with Crippen molar-refractivity contribution >= 4 is 16.9 Å². The second kappa shape index (κ2) is 12.1. The molecule has 2 aliphatic carbocycles. The maximum Gasteiger partial charge on any atom is 0.228 e. The van der Waals surface area contributed by atoms with Gasteiger partial charge < -0.3 is 15.0 Å². The first-order valence-electron chi connectivity index (χ1n) is 15.6. The number of aryl methyl sites for hydroxylation is 3. The minimum Gasteiger partial charge on any atom is -0.508 e. The average Bonchev–Trinajstić information content (AvgIpc) is 3.09. The number of hydrogen-bond acceptors (Lipinski definition) is 3. The summed E-state index contributed by atoms with van der Waals surface area (Å²) in [5, 5.41) is 14.4. The van der Waals surface area contributed by atoms with Gasteiger partial charge in [-0.25, -0.2) is 4.98 Å². The summed E-state index contributed by atoms with van der Waals surface area (Å²) in [7, 11) is 0. The molecule has 41 heavy (non-hydrogen) atoms. The number of carbonyl (C=O) groups is 1. The van der Waals surface area contributed by atoms with E-state index in [2.05, 4.69) is 54.1 Å². The van der Waals surface area contributed by atoms with E-state index >= 15 is 0 Å². The number of pyridine rings is 1. The van der Waals surface area contributed by atoms with E-state index < -0.39 is 0 Å². The van der Waals surface area contributed by atoms with Crippen molar-refractivity contribution in [1.29, 1.82) is 0 Å². The molecule has 0 saturated heterocycles. The van der Waals surface area contributed by atoms with E-state index in [0.29, 0.717) is 12.5 Å². The number of phenolic OH excluding ortho intramolecular Hbond substituents is 1. The van der Waals surface area contributed by atoms with Crippen LogP contribution >= 0.6 is 0 Å². The highest BCUT2D eigenvalue weighted by Crippen LogP contribution is 2.37. The highest BCUT2D eigenvalue weighted by molar-refractivity contribution is 5.86. The summed E-state index contributed by atoms with van der Waals surface area (Å²) in [5.41, 5.74) is 9.77. The smallest absolute Gasteiger partial charge is 0.228 e. The third kappa shape index (κ3) is 5.91. The Bertz CT molecular complexity index is 1530. The molecule has 2 aromatic carbocycles. The summed E-state index contributed by atoms with van der Waals surface area (Å²) < 4.78 is 2.46. The summed E-state index contributed by atoms with van der Waals surface area (Å²) in [6.07, 6.45) is 11.8. The zero-order chi connectivity index (χ0) is 28.3. The zero-order valence-corrected chi connectivity index (χ0v) is 24.6. The molecule has 5 heteroatoms. The van der Waals surface area contributed by atoms with Crippen LogP contribution in [-0.4, -0.2) is 20.6 Å². The lowest BCUT2D eigenvalue weighted by Gasteiger charge is -2.26. The molecule has 2 N–H and O–H groups in total. The van der Waals surface area contributed by atoms with Gasteiger partial charge in [0, 0.05) is 29.9 Å². The first-order chi connectivity index (χ1) is 20.0. The lowest BCUT2D eigenvalue weighted by molar-refractivity contribution is -0.124. The van der Waals surface area contributed by atoms with E-state index in [1.807, 2.05) is 12.1 Å². The van der Waals surface area contributed by atoms with Gasteiger partial charge >= 0.3 is 0 Å². The number of fused-ring (bicyclic) bond motifs is 3. The average molecular weight is 550 g/mol. The quantitative estimate of drug-likeness (QED) is 0.233. The normalized spacial score (nSPS) is 16.7. The number of phenols is 1. The molecular weight excluding hydrogens is 506 g/mol. The maximum absolute atomic E-state index is 13.7. The summed E-state index contributed by atoms with van der Waals surface area (Å²) in [6, 6.07) is 18.2. The molecular formula is C36H43N3O2. The Balaban J connectivity index is 1.27. The van der Waals surface area contributed by atoms with Crippen molar-refractivity contribution in [2.75, 3.05) is 0 Å². The Labute approximate surface area is 244 Å². The molecule has 1 amide bonds. The lowest BCUT2D eigenvalue weighted by atomic mass is 9.80. The molecule has 1 saturated carbocycles. The summed E-state index contributed by atoms with van der Waals surface area (Å²) in [6.45, 7) is 5.55. The highest BCUT2D eigenvalue weighted by atomic mass is 16.3. The Kier molecular flexibility index (Phi) is 8.13. The third-order valence-electron chi connectivity index (χ3n) is 9.36. The van der Waals surface area contributed by atoms with Crippen molar-refractivity contribution in [3.05, 3.63) is 93.8 Å². The Morgan fingerprint density at radius 1 is 0.951 bits per heavy atom. The Morgan fingerprint density at radius 3 is 2.46 bits per heavy atom. The summed E-state index contributed by atoms with van der Waals surface area (Å²) in [4.78, 5) is 18.8. The van der Waals surface area contributed by atoms with Gasteiger partial charge in [-0.3, -0.25) is 4.79 Å². The largest absolute Gasteiger partial charge is 0.508 e. The van der Waals surface area contributed by atoms with Gasteiger partial charge in [0.05, 0.1) is 5.92 Å². The zero-order valence-electron chi connectivity index (χ0n) is 24.6. The van der Waals surface area contributed by atoms with Crippen LogP contribution in [0.4, 0.5) is 0 Å². The van der Waals surface area contributed by atoms with Crippen LogP contribution in [0.2, 0.25) is 0 Å². The SMILES string of the molecule is Cc1cc(C)c2c3c(n(Cc4ccc(C(C(=O)NCc5cccc(O)c5)C5CCCCCC5)cc4)c2n1)CCCC3. The molecule has 5 nitrogen and oxygen atoms in total. The summed E-state index contributed by atoms with van der Waals surface area (Å²) in [5.74, 6) is 0.508. The van der Waals surface area contributed by atoms with Gasteiger partial charge in [-0.1, -0.05) is 62.1 Å². The maximum atomic E-state index is 13.7. The van der Waals surface area contributed by atoms with Crippen molar-refractivity contribution in [2.24, 2.45) is 5.92 Å². The van der Waals surface area contributed by atoms with E-state index in [9.17, 15) is 9.90 Å². The van der Waals surface area contributed by atoms with Crippen LogP contribution in [0.15, 0.2) is 54.6 Å². The predicted octanol–water partition coefficient (Wildman–Crippen LogP) is 7.66. The number of aromatic nitrogens is 2. The molecule has 1 unspecified atom stereocenters. The molecule has 2 heterocycles. The molecule has 0 aliphatic heterocycles. The van der Waals surface area contributed by atoms with Gasteiger partial charge in [0.25, 0.3) is 0 Å². The van der Waals surface area contributed by atoms with Crippen LogP contribution in [0.3, 0.4) is 0 Å². The number of carbonyl (C=O) groups excluding carboxylic acids is 1. The van der Waals surface area contributed by atoms with Gasteiger partial charge in [-0.05, 0) is 104 Å². The van der Waals surface area contributed by atoms with Gasteiger partial charge in [-0.2, -0.15) is 0 Å². The first-order valence-corrected chi connectivity index (χ1v) is 15.6. The van der Waals surface area contributed by atoms with E-state index in [0.717, 1.165) is 54.7 Å². The van der Waals surface area contributed by atoms with E-state index in [1.165, 1.54) is 66.3 Å². The lowest BCUT2D eigenvalue weighted by Crippen LogP contribution is -2.33. The molecule has 6 rings (SSSR count). The van der Waals surface area contributed by atoms with Gasteiger partial charge in [0.2, 0.25) is 5.91 Å². The number of benzene rings is 2. The molecule has 1 atom stereocenters. The second-order valence-electron chi connectivity index (χ2n) is 12.4. The van der Waals surface area contributed by atoms with Gasteiger partial charge in [-0.15, -0.1) is 0 Å². The van der Waals surface area contributed by atoms with Gasteiger partial charge in [0.1, 0.15) is 11.4 Å². The standard InChI is InChI=1S/C36H43N3O2/c1-24-20-25(2)38-35-33(24)31-14-7-8-15-32(31)39(35)23-26-16-18-29(19-17-26)34(28-11-5-3-4-6-12-28)36(41)37-22-27-10-9-13-30(40)21-27/h9-10,13,16-21,28,34,40H,3-8,11-12,14-15,22-23H2,1-2H3,(H,37,41). The fourth-order valence-corrected chi connectivity index (χ4v) is 7.40. The molecule has 1 fully saturated rings. The number of hydrogen-bond donors (Lipinski definition) is 2. The Morgan fingerprint density at radius 2 is 1.71 bits per heavy atom. The summed E-state index contributed by atoms with van der Waals surface area (Å²) >= 11 is 0. The Hall–Kier alpha value is -3.60. The number of amides is 1. The number of rotatable bonds is 7. The number of nitrogens with zero attached hydrogens (tertiary/aromatic N) is 2.